The average Bonchev–Trinajstić information content (AvgIpc) is 2.33. The summed E-state index contributed by atoms with van der Waals surface area (Å²) in [7, 11) is 0. The van der Waals surface area contributed by atoms with Gasteiger partial charge in [0.05, 0.1) is 6.10 Å². The fourth-order valence-electron chi connectivity index (χ4n) is 2.29. The fraction of sp³-hybridized carbons (Fsp3) is 0.571. The standard InChI is InChI=1S/C14H20FNO/c1-11-10-12(2-3-14(11)15)4-7-16-8-5-13(17)6-9-16/h2-3,10,13,17H,4-9H2,1H3. The van der Waals surface area contributed by atoms with Gasteiger partial charge in [-0.2, -0.15) is 0 Å². The van der Waals surface area contributed by atoms with Crippen LogP contribution in [0, 0.1) is 12.7 Å². The number of piperidine rings is 1. The maximum Gasteiger partial charge on any atom is 0.126 e. The molecule has 1 aliphatic rings. The van der Waals surface area contributed by atoms with Crippen LogP contribution in [0.25, 0.3) is 0 Å². The topological polar surface area (TPSA) is 23.5 Å². The van der Waals surface area contributed by atoms with Crippen LogP contribution in [0.5, 0.6) is 0 Å². The predicted octanol–water partition coefficient (Wildman–Crippen LogP) is 2.13. The number of aryl methyl sites for hydroxylation is 1. The number of rotatable bonds is 3. The Morgan fingerprint density at radius 2 is 2.06 bits per heavy atom. The Kier molecular flexibility index (Phi) is 4.13. The van der Waals surface area contributed by atoms with Crippen molar-refractivity contribution in [1.82, 2.24) is 4.90 Å². The first kappa shape index (κ1) is 12.5. The van der Waals surface area contributed by atoms with Crippen LogP contribution in [0.4, 0.5) is 4.39 Å². The molecule has 1 fully saturated rings. The molecule has 0 bridgehead atoms. The van der Waals surface area contributed by atoms with Gasteiger partial charge in [-0.25, -0.2) is 4.39 Å². The number of hydrogen-bond donors (Lipinski definition) is 1. The number of aliphatic hydroxyl groups excluding tert-OH is 1. The summed E-state index contributed by atoms with van der Waals surface area (Å²) in [6.07, 6.45) is 2.60. The number of likely N-dealkylation sites (tertiary alicyclic amines) is 1. The molecule has 1 aromatic rings. The molecule has 0 aliphatic carbocycles. The van der Waals surface area contributed by atoms with Crippen LogP contribution >= 0.6 is 0 Å². The summed E-state index contributed by atoms with van der Waals surface area (Å²) in [5, 5.41) is 9.41. The fourth-order valence-corrected chi connectivity index (χ4v) is 2.29. The number of aliphatic hydroxyl groups is 1. The molecule has 0 aromatic heterocycles. The van der Waals surface area contributed by atoms with E-state index in [0.29, 0.717) is 0 Å². The molecule has 0 spiro atoms. The third-order valence-corrected chi connectivity index (χ3v) is 3.50. The largest absolute Gasteiger partial charge is 0.393 e. The van der Waals surface area contributed by atoms with Crippen LogP contribution in [-0.2, 0) is 6.42 Å². The van der Waals surface area contributed by atoms with Crippen LogP contribution < -0.4 is 0 Å². The van der Waals surface area contributed by atoms with Gasteiger partial charge in [-0.1, -0.05) is 12.1 Å². The van der Waals surface area contributed by atoms with Gasteiger partial charge in [0.1, 0.15) is 5.82 Å². The molecule has 1 N–H and O–H groups in total. The molecule has 17 heavy (non-hydrogen) atoms. The van der Waals surface area contributed by atoms with E-state index in [-0.39, 0.29) is 11.9 Å². The highest BCUT2D eigenvalue weighted by Gasteiger charge is 2.16. The monoisotopic (exact) mass is 237 g/mol. The normalized spacial score (nSPS) is 18.5. The van der Waals surface area contributed by atoms with Gasteiger partial charge in [0.2, 0.25) is 0 Å². The SMILES string of the molecule is Cc1cc(CCN2CCC(O)CC2)ccc1F. The average molecular weight is 237 g/mol. The van der Waals surface area contributed by atoms with Crippen molar-refractivity contribution in [2.24, 2.45) is 0 Å². The molecule has 0 radical (unpaired) electrons. The molecule has 0 unspecified atom stereocenters. The van der Waals surface area contributed by atoms with Gasteiger partial charge in [-0.05, 0) is 43.4 Å². The molecule has 1 heterocycles. The Bertz CT molecular complexity index is 372. The highest BCUT2D eigenvalue weighted by Crippen LogP contribution is 2.13. The molecular weight excluding hydrogens is 217 g/mol. The molecule has 2 nitrogen and oxygen atoms in total. The lowest BCUT2D eigenvalue weighted by Crippen LogP contribution is -2.37. The zero-order valence-electron chi connectivity index (χ0n) is 10.3. The first-order valence-electron chi connectivity index (χ1n) is 6.30. The van der Waals surface area contributed by atoms with E-state index >= 15 is 0 Å². The minimum atomic E-state index is -0.130. The van der Waals surface area contributed by atoms with Crippen LogP contribution in [0.1, 0.15) is 24.0 Å². The summed E-state index contributed by atoms with van der Waals surface area (Å²) in [5.41, 5.74) is 1.91. The van der Waals surface area contributed by atoms with Crippen molar-refractivity contribution in [1.29, 1.82) is 0 Å². The summed E-state index contributed by atoms with van der Waals surface area (Å²) < 4.78 is 13.1. The van der Waals surface area contributed by atoms with Crippen molar-refractivity contribution in [3.8, 4) is 0 Å². The summed E-state index contributed by atoms with van der Waals surface area (Å²) in [6, 6.07) is 5.33. The highest BCUT2D eigenvalue weighted by atomic mass is 19.1. The van der Waals surface area contributed by atoms with Crippen LogP contribution in [-0.4, -0.2) is 35.7 Å². The lowest BCUT2D eigenvalue weighted by Gasteiger charge is -2.29. The van der Waals surface area contributed by atoms with Gasteiger partial charge in [0, 0.05) is 19.6 Å². The Hall–Kier alpha value is -0.930. The van der Waals surface area contributed by atoms with Crippen LogP contribution in [0.15, 0.2) is 18.2 Å². The van der Waals surface area contributed by atoms with E-state index in [2.05, 4.69) is 4.90 Å². The van der Waals surface area contributed by atoms with Gasteiger partial charge >= 0.3 is 0 Å². The summed E-state index contributed by atoms with van der Waals surface area (Å²) in [5.74, 6) is -0.130. The van der Waals surface area contributed by atoms with Gasteiger partial charge in [0.25, 0.3) is 0 Å². The van der Waals surface area contributed by atoms with Crippen molar-refractivity contribution in [2.45, 2.75) is 32.3 Å². The Labute approximate surface area is 102 Å². The van der Waals surface area contributed by atoms with Crippen molar-refractivity contribution in [2.75, 3.05) is 19.6 Å². The van der Waals surface area contributed by atoms with Crippen LogP contribution in [0.3, 0.4) is 0 Å². The molecule has 2 rings (SSSR count). The second-order valence-electron chi connectivity index (χ2n) is 4.91. The summed E-state index contributed by atoms with van der Waals surface area (Å²) >= 11 is 0. The van der Waals surface area contributed by atoms with E-state index in [4.69, 9.17) is 0 Å². The zero-order valence-corrected chi connectivity index (χ0v) is 10.3. The molecule has 1 aliphatic heterocycles. The first-order chi connectivity index (χ1) is 8.15. The second-order valence-corrected chi connectivity index (χ2v) is 4.91. The lowest BCUT2D eigenvalue weighted by atomic mass is 10.1. The van der Waals surface area contributed by atoms with Gasteiger partial charge in [-0.15, -0.1) is 0 Å². The molecule has 94 valence electrons. The Morgan fingerprint density at radius 3 is 2.71 bits per heavy atom. The van der Waals surface area contributed by atoms with Crippen molar-refractivity contribution >= 4 is 0 Å². The molecule has 0 atom stereocenters. The van der Waals surface area contributed by atoms with E-state index in [0.717, 1.165) is 44.5 Å². The van der Waals surface area contributed by atoms with E-state index in [1.165, 1.54) is 5.56 Å². The number of benzene rings is 1. The molecule has 1 saturated heterocycles. The van der Waals surface area contributed by atoms with Crippen molar-refractivity contribution < 1.29 is 9.50 Å². The number of halogens is 1. The first-order valence-corrected chi connectivity index (χ1v) is 6.30. The van der Waals surface area contributed by atoms with Crippen molar-refractivity contribution in [3.05, 3.63) is 35.1 Å². The molecule has 1 aromatic carbocycles. The second kappa shape index (κ2) is 5.61. The van der Waals surface area contributed by atoms with Crippen molar-refractivity contribution in [3.63, 3.8) is 0 Å². The van der Waals surface area contributed by atoms with E-state index in [9.17, 15) is 9.50 Å². The highest BCUT2D eigenvalue weighted by molar-refractivity contribution is 5.24. The maximum atomic E-state index is 13.1. The quantitative estimate of drug-likeness (QED) is 0.870. The number of hydrogen-bond acceptors (Lipinski definition) is 2. The summed E-state index contributed by atoms with van der Waals surface area (Å²) in [4.78, 5) is 2.37. The third kappa shape index (κ3) is 3.51. The smallest absolute Gasteiger partial charge is 0.126 e. The van der Waals surface area contributed by atoms with Gasteiger partial charge < -0.3 is 10.0 Å². The zero-order chi connectivity index (χ0) is 12.3. The Morgan fingerprint density at radius 1 is 1.35 bits per heavy atom. The van der Waals surface area contributed by atoms with Gasteiger partial charge in [0.15, 0.2) is 0 Å². The molecule has 0 saturated carbocycles. The molecular formula is C14H20FNO. The van der Waals surface area contributed by atoms with Gasteiger partial charge in [-0.3, -0.25) is 0 Å². The molecule has 3 heteroatoms. The van der Waals surface area contributed by atoms with E-state index in [1.807, 2.05) is 12.1 Å². The van der Waals surface area contributed by atoms with E-state index < -0.39 is 0 Å². The number of nitrogens with zero attached hydrogens (tertiary/aromatic N) is 1. The third-order valence-electron chi connectivity index (χ3n) is 3.50. The summed E-state index contributed by atoms with van der Waals surface area (Å²) in [6.45, 7) is 4.75. The van der Waals surface area contributed by atoms with E-state index in [1.54, 1.807) is 13.0 Å². The maximum absolute atomic E-state index is 13.1. The Balaban J connectivity index is 1.83. The minimum Gasteiger partial charge on any atom is -0.393 e. The predicted molar refractivity (Wildman–Crippen MR) is 66.5 cm³/mol. The lowest BCUT2D eigenvalue weighted by molar-refractivity contribution is 0.0832. The molecule has 0 amide bonds. The minimum absolute atomic E-state index is 0.112. The van der Waals surface area contributed by atoms with Crippen LogP contribution in [0.2, 0.25) is 0 Å².